The van der Waals surface area contributed by atoms with Crippen LogP contribution < -0.4 is 5.32 Å². The fourth-order valence-electron chi connectivity index (χ4n) is 2.03. The Morgan fingerprint density at radius 3 is 2.89 bits per heavy atom. The second-order valence-corrected chi connectivity index (χ2v) is 4.46. The first-order valence-electron chi connectivity index (χ1n) is 6.24. The summed E-state index contributed by atoms with van der Waals surface area (Å²) in [6.07, 6.45) is 2.49. The predicted octanol–water partition coefficient (Wildman–Crippen LogP) is 0.409. The minimum absolute atomic E-state index is 0.136. The third-order valence-corrected chi connectivity index (χ3v) is 3.00. The number of aliphatic carboxylic acids is 1. The first-order valence-corrected chi connectivity index (χ1v) is 6.24. The first-order chi connectivity index (χ1) is 8.65. The van der Waals surface area contributed by atoms with Crippen LogP contribution in [0.25, 0.3) is 0 Å². The number of carbonyl (C=O) groups is 2. The van der Waals surface area contributed by atoms with E-state index in [1.54, 1.807) is 7.11 Å². The van der Waals surface area contributed by atoms with Crippen molar-refractivity contribution in [1.29, 1.82) is 0 Å². The summed E-state index contributed by atoms with van der Waals surface area (Å²) in [7, 11) is 1.57. The molecule has 1 aliphatic rings. The fraction of sp³-hybridized carbons (Fsp3) is 0.833. The molecule has 104 valence electrons. The minimum atomic E-state index is -0.995. The average molecular weight is 259 g/mol. The summed E-state index contributed by atoms with van der Waals surface area (Å²) in [6, 6.07) is -0.847. The monoisotopic (exact) mass is 259 g/mol. The van der Waals surface area contributed by atoms with Crippen LogP contribution in [0.4, 0.5) is 0 Å². The van der Waals surface area contributed by atoms with Crippen LogP contribution in [0.2, 0.25) is 0 Å². The van der Waals surface area contributed by atoms with Gasteiger partial charge in [-0.15, -0.1) is 0 Å². The molecule has 0 saturated carbocycles. The molecule has 1 heterocycles. The van der Waals surface area contributed by atoms with E-state index < -0.39 is 12.0 Å². The lowest BCUT2D eigenvalue weighted by molar-refractivity contribution is -0.145. The maximum atomic E-state index is 11.6. The Bertz CT molecular complexity index is 276. The van der Waals surface area contributed by atoms with E-state index in [1.165, 1.54) is 0 Å². The first kappa shape index (κ1) is 14.9. The van der Waals surface area contributed by atoms with Crippen molar-refractivity contribution in [2.24, 2.45) is 5.92 Å². The molecule has 1 rings (SSSR count). The van der Waals surface area contributed by atoms with Crippen LogP contribution >= 0.6 is 0 Å². The van der Waals surface area contributed by atoms with Crippen molar-refractivity contribution in [2.75, 3.05) is 26.9 Å². The molecule has 0 radical (unpaired) electrons. The highest BCUT2D eigenvalue weighted by atomic mass is 16.5. The van der Waals surface area contributed by atoms with Gasteiger partial charge >= 0.3 is 5.97 Å². The van der Waals surface area contributed by atoms with Crippen LogP contribution in [0, 0.1) is 5.92 Å². The molecular formula is C12H21NO5. The molecule has 1 aliphatic heterocycles. The molecule has 0 spiro atoms. The van der Waals surface area contributed by atoms with Crippen molar-refractivity contribution < 1.29 is 24.2 Å². The maximum absolute atomic E-state index is 11.6. The number of hydrogen-bond donors (Lipinski definition) is 2. The van der Waals surface area contributed by atoms with Gasteiger partial charge in [-0.1, -0.05) is 0 Å². The quantitative estimate of drug-likeness (QED) is 0.647. The zero-order valence-electron chi connectivity index (χ0n) is 10.7. The molecule has 6 heteroatoms. The minimum Gasteiger partial charge on any atom is -0.480 e. The van der Waals surface area contributed by atoms with Crippen LogP contribution in [0.5, 0.6) is 0 Å². The molecule has 2 N–H and O–H groups in total. The van der Waals surface area contributed by atoms with Gasteiger partial charge in [0.05, 0.1) is 6.61 Å². The molecule has 0 aromatic carbocycles. The average Bonchev–Trinajstić information content (AvgIpc) is 2.37. The molecule has 0 aromatic heterocycles. The van der Waals surface area contributed by atoms with E-state index in [1.807, 2.05) is 0 Å². The maximum Gasteiger partial charge on any atom is 0.326 e. The topological polar surface area (TPSA) is 84.9 Å². The molecule has 1 saturated heterocycles. The highest BCUT2D eigenvalue weighted by Crippen LogP contribution is 2.18. The molecular weight excluding hydrogens is 238 g/mol. The Hall–Kier alpha value is -1.14. The van der Waals surface area contributed by atoms with Gasteiger partial charge < -0.3 is 19.9 Å². The third-order valence-electron chi connectivity index (χ3n) is 3.00. The number of nitrogens with one attached hydrogen (secondary N) is 1. The molecule has 2 unspecified atom stereocenters. The highest BCUT2D eigenvalue weighted by molar-refractivity contribution is 5.83. The highest BCUT2D eigenvalue weighted by Gasteiger charge is 2.31. The smallest absolute Gasteiger partial charge is 0.326 e. The summed E-state index contributed by atoms with van der Waals surface area (Å²) in [4.78, 5) is 22.8. The molecule has 0 aliphatic carbocycles. The van der Waals surface area contributed by atoms with E-state index in [2.05, 4.69) is 5.32 Å². The molecule has 18 heavy (non-hydrogen) atoms. The second kappa shape index (κ2) is 8.05. The van der Waals surface area contributed by atoms with Gasteiger partial charge in [-0.3, -0.25) is 4.79 Å². The van der Waals surface area contributed by atoms with E-state index in [-0.39, 0.29) is 18.2 Å². The van der Waals surface area contributed by atoms with Crippen molar-refractivity contribution in [3.8, 4) is 0 Å². The molecule has 6 nitrogen and oxygen atoms in total. The Morgan fingerprint density at radius 1 is 1.56 bits per heavy atom. The van der Waals surface area contributed by atoms with Crippen molar-refractivity contribution in [2.45, 2.75) is 31.7 Å². The van der Waals surface area contributed by atoms with E-state index >= 15 is 0 Å². The number of ether oxygens (including phenoxy) is 2. The molecule has 1 amide bonds. The van der Waals surface area contributed by atoms with Crippen LogP contribution in [-0.2, 0) is 19.1 Å². The van der Waals surface area contributed by atoms with Gasteiger partial charge in [0.2, 0.25) is 5.91 Å². The standard InChI is InChI=1S/C12H21NO5/c1-17-6-3-5-10(14)13-11(12(15)16)9-4-2-7-18-8-9/h9,11H,2-8H2,1H3,(H,13,14)(H,15,16). The summed E-state index contributed by atoms with van der Waals surface area (Å²) in [5.41, 5.74) is 0. The van der Waals surface area contributed by atoms with E-state index in [0.29, 0.717) is 26.2 Å². The molecule has 0 aromatic rings. The number of carbonyl (C=O) groups excluding carboxylic acids is 1. The van der Waals surface area contributed by atoms with Gasteiger partial charge in [-0.25, -0.2) is 4.79 Å². The Kier molecular flexibility index (Phi) is 6.67. The van der Waals surface area contributed by atoms with Gasteiger partial charge in [-0.05, 0) is 19.3 Å². The van der Waals surface area contributed by atoms with Gasteiger partial charge in [0.15, 0.2) is 0 Å². The van der Waals surface area contributed by atoms with Gasteiger partial charge in [0, 0.05) is 32.7 Å². The van der Waals surface area contributed by atoms with Crippen LogP contribution in [-0.4, -0.2) is 50.0 Å². The number of methoxy groups -OCH3 is 1. The largest absolute Gasteiger partial charge is 0.480 e. The number of carboxylic acid groups (broad SMARTS) is 1. The lowest BCUT2D eigenvalue weighted by Crippen LogP contribution is -2.48. The number of carboxylic acids is 1. The van der Waals surface area contributed by atoms with Crippen molar-refractivity contribution >= 4 is 11.9 Å². The Balaban J connectivity index is 2.41. The summed E-state index contributed by atoms with van der Waals surface area (Å²) >= 11 is 0. The Morgan fingerprint density at radius 2 is 2.33 bits per heavy atom. The van der Waals surface area contributed by atoms with Gasteiger partial charge in [0.1, 0.15) is 6.04 Å². The summed E-state index contributed by atoms with van der Waals surface area (Å²) < 4.78 is 10.1. The van der Waals surface area contributed by atoms with Crippen LogP contribution in [0.3, 0.4) is 0 Å². The van der Waals surface area contributed by atoms with E-state index in [4.69, 9.17) is 14.6 Å². The Labute approximate surface area is 107 Å². The normalized spacial score (nSPS) is 21.3. The number of rotatable bonds is 7. The van der Waals surface area contributed by atoms with Crippen LogP contribution in [0.15, 0.2) is 0 Å². The lowest BCUT2D eigenvalue weighted by Gasteiger charge is -2.28. The van der Waals surface area contributed by atoms with E-state index in [9.17, 15) is 9.59 Å². The number of amides is 1. The number of hydrogen-bond acceptors (Lipinski definition) is 4. The fourth-order valence-corrected chi connectivity index (χ4v) is 2.03. The summed E-state index contributed by atoms with van der Waals surface area (Å²) in [5.74, 6) is -1.38. The van der Waals surface area contributed by atoms with Crippen molar-refractivity contribution in [3.63, 3.8) is 0 Å². The zero-order valence-corrected chi connectivity index (χ0v) is 10.7. The lowest BCUT2D eigenvalue weighted by atomic mass is 9.93. The van der Waals surface area contributed by atoms with Crippen LogP contribution in [0.1, 0.15) is 25.7 Å². The van der Waals surface area contributed by atoms with Crippen molar-refractivity contribution in [1.82, 2.24) is 5.32 Å². The predicted molar refractivity (Wildman–Crippen MR) is 64.2 cm³/mol. The third kappa shape index (κ3) is 5.01. The van der Waals surface area contributed by atoms with Gasteiger partial charge in [-0.2, -0.15) is 0 Å². The second-order valence-electron chi connectivity index (χ2n) is 4.46. The molecule has 1 fully saturated rings. The SMILES string of the molecule is COCCCC(=O)NC(C(=O)O)C1CCCOC1. The van der Waals surface area contributed by atoms with Crippen molar-refractivity contribution in [3.05, 3.63) is 0 Å². The van der Waals surface area contributed by atoms with Gasteiger partial charge in [0.25, 0.3) is 0 Å². The zero-order chi connectivity index (χ0) is 13.4. The molecule has 2 atom stereocenters. The summed E-state index contributed by atoms with van der Waals surface area (Å²) in [6.45, 7) is 1.57. The summed E-state index contributed by atoms with van der Waals surface area (Å²) in [5, 5.41) is 11.7. The van der Waals surface area contributed by atoms with E-state index in [0.717, 1.165) is 12.8 Å². The molecule has 0 bridgehead atoms.